The topological polar surface area (TPSA) is 61.8 Å². The lowest BCUT2D eigenvalue weighted by molar-refractivity contribution is -0.127. The first kappa shape index (κ1) is 19.8. The van der Waals surface area contributed by atoms with Crippen molar-refractivity contribution in [3.05, 3.63) is 72.6 Å². The second-order valence-corrected chi connectivity index (χ2v) is 7.50. The van der Waals surface area contributed by atoms with Gasteiger partial charge >= 0.3 is 0 Å². The number of aliphatic imine (C=N–C) groups is 1. The van der Waals surface area contributed by atoms with Crippen LogP contribution in [0.15, 0.2) is 66.2 Å². The van der Waals surface area contributed by atoms with Crippen LogP contribution in [0.4, 0.5) is 15.8 Å². The first-order valence-electron chi connectivity index (χ1n) is 8.76. The quantitative estimate of drug-likeness (QED) is 0.740. The van der Waals surface area contributed by atoms with Crippen LogP contribution in [0, 0.1) is 12.7 Å². The van der Waals surface area contributed by atoms with Gasteiger partial charge in [0.25, 0.3) is 0 Å². The van der Waals surface area contributed by atoms with Crippen LogP contribution in [0.1, 0.15) is 12.0 Å². The minimum atomic E-state index is -0.565. The van der Waals surface area contributed by atoms with Crippen molar-refractivity contribution in [3.63, 3.8) is 0 Å². The van der Waals surface area contributed by atoms with Crippen molar-refractivity contribution in [1.29, 1.82) is 0 Å². The van der Waals surface area contributed by atoms with Crippen LogP contribution in [0.5, 0.6) is 0 Å². The number of thioether (sulfide) groups is 1. The number of anilines is 1. The number of aryl methyl sites for hydroxylation is 1. The summed E-state index contributed by atoms with van der Waals surface area (Å²) in [5, 5.41) is 2.72. The van der Waals surface area contributed by atoms with E-state index in [1.54, 1.807) is 6.08 Å². The highest BCUT2D eigenvalue weighted by molar-refractivity contribution is 8.15. The molecular formula is C21H20FN3O2S. The van der Waals surface area contributed by atoms with Gasteiger partial charge in [-0.25, -0.2) is 9.38 Å². The minimum Gasteiger partial charge on any atom is -0.326 e. The highest BCUT2D eigenvalue weighted by atomic mass is 32.2. The highest BCUT2D eigenvalue weighted by Crippen LogP contribution is 2.31. The van der Waals surface area contributed by atoms with Crippen molar-refractivity contribution in [2.75, 3.05) is 11.9 Å². The van der Waals surface area contributed by atoms with E-state index in [4.69, 9.17) is 0 Å². The van der Waals surface area contributed by atoms with E-state index in [2.05, 4.69) is 16.9 Å². The summed E-state index contributed by atoms with van der Waals surface area (Å²) in [7, 11) is 0. The molecule has 0 radical (unpaired) electrons. The Morgan fingerprint density at radius 1 is 1.25 bits per heavy atom. The predicted octanol–water partition coefficient (Wildman–Crippen LogP) is 4.28. The molecule has 28 heavy (non-hydrogen) atoms. The summed E-state index contributed by atoms with van der Waals surface area (Å²) >= 11 is 1.23. The standard InChI is InChI=1S/C21H20FN3O2S/c1-3-12-25-20(27)18(13-19(26)23-16-8-4-14(2)5-9-16)28-21(25)24-17-10-6-15(22)7-11-17/h3-11,18H,1,12-13H2,2H3,(H,23,26)/t18-/m0/s1. The number of hydrogen-bond donors (Lipinski definition) is 1. The van der Waals surface area contributed by atoms with Crippen molar-refractivity contribution in [3.8, 4) is 0 Å². The maximum Gasteiger partial charge on any atom is 0.242 e. The van der Waals surface area contributed by atoms with Gasteiger partial charge in [-0.15, -0.1) is 6.58 Å². The van der Waals surface area contributed by atoms with E-state index in [1.165, 1.54) is 40.9 Å². The van der Waals surface area contributed by atoms with Crippen molar-refractivity contribution < 1.29 is 14.0 Å². The molecule has 0 aliphatic carbocycles. The van der Waals surface area contributed by atoms with Crippen LogP contribution in [0.2, 0.25) is 0 Å². The molecule has 1 heterocycles. The van der Waals surface area contributed by atoms with Gasteiger partial charge in [0.15, 0.2) is 5.17 Å². The van der Waals surface area contributed by atoms with Gasteiger partial charge in [0.1, 0.15) is 11.1 Å². The number of nitrogens with one attached hydrogen (secondary N) is 1. The molecule has 0 spiro atoms. The lowest BCUT2D eigenvalue weighted by Crippen LogP contribution is -2.33. The van der Waals surface area contributed by atoms with Crippen LogP contribution in [-0.4, -0.2) is 33.7 Å². The third-order valence-corrected chi connectivity index (χ3v) is 5.26. The van der Waals surface area contributed by atoms with Crippen LogP contribution >= 0.6 is 11.8 Å². The zero-order valence-corrected chi connectivity index (χ0v) is 16.2. The maximum absolute atomic E-state index is 13.1. The van der Waals surface area contributed by atoms with Crippen molar-refractivity contribution >= 4 is 40.1 Å². The van der Waals surface area contributed by atoms with Gasteiger partial charge in [-0.1, -0.05) is 35.5 Å². The second-order valence-electron chi connectivity index (χ2n) is 6.33. The number of amidine groups is 1. The van der Waals surface area contributed by atoms with E-state index in [9.17, 15) is 14.0 Å². The molecule has 1 aliphatic heterocycles. The van der Waals surface area contributed by atoms with Crippen LogP contribution in [0.3, 0.4) is 0 Å². The molecule has 7 heteroatoms. The molecule has 1 aliphatic rings. The number of halogens is 1. The monoisotopic (exact) mass is 397 g/mol. The summed E-state index contributed by atoms with van der Waals surface area (Å²) in [4.78, 5) is 31.0. The Morgan fingerprint density at radius 2 is 1.93 bits per heavy atom. The van der Waals surface area contributed by atoms with Crippen LogP contribution < -0.4 is 5.32 Å². The van der Waals surface area contributed by atoms with E-state index in [-0.39, 0.29) is 24.1 Å². The summed E-state index contributed by atoms with van der Waals surface area (Å²) in [6.07, 6.45) is 1.64. The van der Waals surface area contributed by atoms with E-state index in [0.717, 1.165) is 5.56 Å². The molecule has 1 N–H and O–H groups in total. The molecule has 1 atom stereocenters. The molecule has 0 aromatic heterocycles. The zero-order valence-electron chi connectivity index (χ0n) is 15.4. The lowest BCUT2D eigenvalue weighted by Gasteiger charge is -2.13. The molecule has 144 valence electrons. The van der Waals surface area contributed by atoms with Crippen LogP contribution in [-0.2, 0) is 9.59 Å². The number of carbonyl (C=O) groups is 2. The first-order chi connectivity index (χ1) is 13.5. The van der Waals surface area contributed by atoms with E-state index >= 15 is 0 Å². The number of benzene rings is 2. The Hall–Kier alpha value is -2.93. The molecule has 1 saturated heterocycles. The van der Waals surface area contributed by atoms with Gasteiger partial charge in [0.2, 0.25) is 11.8 Å². The Kier molecular flexibility index (Phi) is 6.26. The normalized spacial score (nSPS) is 17.8. The number of hydrogen-bond acceptors (Lipinski definition) is 4. The molecule has 0 unspecified atom stereocenters. The van der Waals surface area contributed by atoms with Crippen molar-refractivity contribution in [2.45, 2.75) is 18.6 Å². The van der Waals surface area contributed by atoms with Gasteiger partial charge < -0.3 is 5.32 Å². The third kappa shape index (κ3) is 4.86. The fourth-order valence-corrected chi connectivity index (χ4v) is 3.83. The Morgan fingerprint density at radius 3 is 2.57 bits per heavy atom. The second kappa shape index (κ2) is 8.84. The molecule has 0 bridgehead atoms. The third-order valence-electron chi connectivity index (χ3n) is 4.09. The zero-order chi connectivity index (χ0) is 20.1. The smallest absolute Gasteiger partial charge is 0.242 e. The number of carbonyl (C=O) groups excluding carboxylic acids is 2. The molecule has 5 nitrogen and oxygen atoms in total. The summed E-state index contributed by atoms with van der Waals surface area (Å²) in [6, 6.07) is 13.2. The Bertz CT molecular complexity index is 910. The average molecular weight is 397 g/mol. The van der Waals surface area contributed by atoms with E-state index in [0.29, 0.717) is 23.1 Å². The molecule has 3 rings (SSSR count). The summed E-state index contributed by atoms with van der Waals surface area (Å²) in [5.41, 5.74) is 2.32. The van der Waals surface area contributed by atoms with Crippen molar-refractivity contribution in [1.82, 2.24) is 4.90 Å². The molecule has 2 aromatic rings. The number of nitrogens with zero attached hydrogens (tertiary/aromatic N) is 2. The molecule has 2 aromatic carbocycles. The van der Waals surface area contributed by atoms with Gasteiger partial charge in [-0.2, -0.15) is 0 Å². The van der Waals surface area contributed by atoms with Gasteiger partial charge in [-0.3, -0.25) is 14.5 Å². The predicted molar refractivity (Wildman–Crippen MR) is 111 cm³/mol. The number of amides is 2. The molecular weight excluding hydrogens is 377 g/mol. The molecule has 0 saturated carbocycles. The van der Waals surface area contributed by atoms with Crippen molar-refractivity contribution in [2.24, 2.45) is 4.99 Å². The number of rotatable bonds is 6. The Labute approximate surface area is 167 Å². The summed E-state index contributed by atoms with van der Waals surface area (Å²) < 4.78 is 13.1. The summed E-state index contributed by atoms with van der Waals surface area (Å²) in [6.45, 7) is 5.94. The average Bonchev–Trinajstić information content (AvgIpc) is 2.94. The van der Waals surface area contributed by atoms with Gasteiger partial charge in [0, 0.05) is 18.7 Å². The fourth-order valence-electron chi connectivity index (χ4n) is 2.67. The molecule has 1 fully saturated rings. The molecule has 2 amide bonds. The van der Waals surface area contributed by atoms with Gasteiger partial charge in [0.05, 0.1) is 5.69 Å². The van der Waals surface area contributed by atoms with E-state index in [1.807, 2.05) is 31.2 Å². The highest BCUT2D eigenvalue weighted by Gasteiger charge is 2.38. The largest absolute Gasteiger partial charge is 0.326 e. The van der Waals surface area contributed by atoms with E-state index < -0.39 is 5.25 Å². The lowest BCUT2D eigenvalue weighted by atomic mass is 10.2. The SMILES string of the molecule is C=CCN1C(=O)[C@H](CC(=O)Nc2ccc(C)cc2)SC1=Nc1ccc(F)cc1. The summed E-state index contributed by atoms with van der Waals surface area (Å²) in [5.74, 6) is -0.784. The minimum absolute atomic E-state index is 0.0352. The van der Waals surface area contributed by atoms with Gasteiger partial charge in [-0.05, 0) is 43.3 Å². The fraction of sp³-hybridized carbons (Fsp3) is 0.190. The van der Waals surface area contributed by atoms with Crippen LogP contribution in [0.25, 0.3) is 0 Å². The maximum atomic E-state index is 13.1. The Balaban J connectivity index is 1.72. The first-order valence-corrected chi connectivity index (χ1v) is 9.64.